The molecule has 0 unspecified atom stereocenters. The van der Waals surface area contributed by atoms with Crippen LogP contribution in [0, 0.1) is 24.8 Å². The molecule has 0 bridgehead atoms. The van der Waals surface area contributed by atoms with Gasteiger partial charge in [-0.2, -0.15) is 0 Å². The van der Waals surface area contributed by atoms with E-state index < -0.39 is 0 Å². The largest absolute Gasteiger partial charge is 0.512 e. The molecule has 0 atom stereocenters. The van der Waals surface area contributed by atoms with E-state index in [-0.39, 0.29) is 48.9 Å². The summed E-state index contributed by atoms with van der Waals surface area (Å²) in [7, 11) is 0. The van der Waals surface area contributed by atoms with Crippen LogP contribution in [0.15, 0.2) is 89.0 Å². The summed E-state index contributed by atoms with van der Waals surface area (Å²) >= 11 is 0. The van der Waals surface area contributed by atoms with Crippen LogP contribution in [-0.2, 0) is 30.3 Å². The number of carbonyl (C=O) groups excluding carboxylic acids is 1. The van der Waals surface area contributed by atoms with Gasteiger partial charge in [-0.05, 0) is 56.2 Å². The van der Waals surface area contributed by atoms with Gasteiger partial charge < -0.3 is 9.52 Å². The molecule has 1 N–H and O–H groups in total. The van der Waals surface area contributed by atoms with Crippen LogP contribution in [0.25, 0.3) is 54.9 Å². The first-order valence-corrected chi connectivity index (χ1v) is 17.1. The predicted molar refractivity (Wildman–Crippen MR) is 198 cm³/mol. The summed E-state index contributed by atoms with van der Waals surface area (Å²) in [6, 6.07) is 29.1. The average Bonchev–Trinajstić information content (AvgIpc) is 3.45. The van der Waals surface area contributed by atoms with Crippen molar-refractivity contribution >= 4 is 49.4 Å². The van der Waals surface area contributed by atoms with Crippen LogP contribution in [0.3, 0.4) is 0 Å². The van der Waals surface area contributed by atoms with Crippen LogP contribution in [0.2, 0.25) is 0 Å². The molecule has 0 saturated carbocycles. The number of furan rings is 1. The molecule has 2 aromatic heterocycles. The van der Waals surface area contributed by atoms with Crippen molar-refractivity contribution in [3.8, 4) is 11.3 Å². The van der Waals surface area contributed by atoms with Gasteiger partial charge in [0.1, 0.15) is 11.2 Å². The van der Waals surface area contributed by atoms with Crippen molar-refractivity contribution in [2.24, 2.45) is 11.8 Å². The minimum absolute atomic E-state index is 0. The molecule has 2 heterocycles. The van der Waals surface area contributed by atoms with Gasteiger partial charge in [-0.3, -0.25) is 9.78 Å². The monoisotopic (exact) mass is 819 g/mol. The number of ketones is 1. The summed E-state index contributed by atoms with van der Waals surface area (Å²) in [5.74, 6) is 0.547. The fraction of sp³-hybridized carbons (Fsp3) is 0.349. The van der Waals surface area contributed by atoms with Gasteiger partial charge in [0.2, 0.25) is 0 Å². The number of benzene rings is 4. The average molecular weight is 819 g/mol. The maximum atomic E-state index is 11.7. The summed E-state index contributed by atoms with van der Waals surface area (Å²) in [4.78, 5) is 16.9. The number of aromatic nitrogens is 1. The van der Waals surface area contributed by atoms with Gasteiger partial charge in [-0.15, -0.1) is 29.1 Å². The van der Waals surface area contributed by atoms with E-state index in [1.807, 2.05) is 39.8 Å². The van der Waals surface area contributed by atoms with E-state index in [9.17, 15) is 9.90 Å². The first-order valence-electron chi connectivity index (χ1n) is 17.1. The second-order valence-corrected chi connectivity index (χ2v) is 13.7. The molecule has 5 heteroatoms. The Balaban J connectivity index is 0.000000279. The molecule has 0 spiro atoms. The van der Waals surface area contributed by atoms with Crippen LogP contribution in [-0.4, -0.2) is 15.9 Å². The Morgan fingerprint density at radius 1 is 0.854 bits per heavy atom. The topological polar surface area (TPSA) is 63.3 Å². The minimum Gasteiger partial charge on any atom is -0.512 e. The molecule has 0 aliphatic carbocycles. The molecule has 0 aliphatic rings. The minimum atomic E-state index is -0.00497. The summed E-state index contributed by atoms with van der Waals surface area (Å²) in [5, 5.41) is 15.3. The molecule has 253 valence electrons. The molecule has 4 nitrogen and oxygen atoms in total. The van der Waals surface area contributed by atoms with Gasteiger partial charge >= 0.3 is 0 Å². The third-order valence-electron chi connectivity index (χ3n) is 9.38. The van der Waals surface area contributed by atoms with Crippen molar-refractivity contribution < 1.29 is 34.4 Å². The van der Waals surface area contributed by atoms with Gasteiger partial charge in [-0.1, -0.05) is 107 Å². The molecule has 1 radical (unpaired) electrons. The molecular formula is C43H48IrNO3-. The maximum Gasteiger partial charge on any atom is 0.162 e. The van der Waals surface area contributed by atoms with E-state index >= 15 is 0 Å². The van der Waals surface area contributed by atoms with Crippen molar-refractivity contribution in [1.29, 1.82) is 0 Å². The van der Waals surface area contributed by atoms with Crippen molar-refractivity contribution in [1.82, 2.24) is 4.98 Å². The second kappa shape index (κ2) is 15.6. The van der Waals surface area contributed by atoms with E-state index in [1.54, 1.807) is 0 Å². The quantitative estimate of drug-likeness (QED) is 0.0944. The number of aliphatic hydroxyl groups is 1. The SMILES string of the molecule is CCC(CC)C(=O)/C=C(\O)C(CC)CC.Cc1ccc2nc(-c3[c-]c4ccccc4c(C(C)(C)C)c3)c3c4ccccc4oc3c2c1.[Ir]. The molecule has 0 fully saturated rings. The number of aliphatic hydroxyl groups excluding tert-OH is 1. The summed E-state index contributed by atoms with van der Waals surface area (Å²) in [6.07, 6.45) is 4.91. The molecule has 0 aliphatic heterocycles. The zero-order chi connectivity index (χ0) is 33.9. The van der Waals surface area contributed by atoms with E-state index in [0.717, 1.165) is 75.2 Å². The number of rotatable bonds is 8. The molecule has 0 saturated heterocycles. The maximum absolute atomic E-state index is 11.7. The third-order valence-corrected chi connectivity index (χ3v) is 9.38. The van der Waals surface area contributed by atoms with Crippen LogP contribution < -0.4 is 0 Å². The van der Waals surface area contributed by atoms with Crippen LogP contribution in [0.1, 0.15) is 85.3 Å². The summed E-state index contributed by atoms with van der Waals surface area (Å²) in [5.41, 5.74) is 7.15. The molecule has 0 amide bonds. The normalized spacial score (nSPS) is 12.2. The number of hydrogen-bond donors (Lipinski definition) is 1. The smallest absolute Gasteiger partial charge is 0.162 e. The Hall–Kier alpha value is -3.79. The number of nitrogens with zero attached hydrogens (tertiary/aromatic N) is 1. The van der Waals surface area contributed by atoms with Gasteiger partial charge in [0.15, 0.2) is 5.78 Å². The molecule has 6 rings (SSSR count). The molecular weight excluding hydrogens is 771 g/mol. The van der Waals surface area contributed by atoms with Gasteiger partial charge in [0.25, 0.3) is 0 Å². The van der Waals surface area contributed by atoms with Crippen molar-refractivity contribution in [3.63, 3.8) is 0 Å². The Labute approximate surface area is 299 Å². The van der Waals surface area contributed by atoms with Crippen LogP contribution >= 0.6 is 0 Å². The second-order valence-electron chi connectivity index (χ2n) is 13.7. The van der Waals surface area contributed by atoms with Gasteiger partial charge in [-0.25, -0.2) is 0 Å². The zero-order valence-electron chi connectivity index (χ0n) is 29.5. The Bertz CT molecular complexity index is 2070. The fourth-order valence-corrected chi connectivity index (χ4v) is 6.53. The first-order chi connectivity index (χ1) is 22.5. The number of para-hydroxylation sites is 1. The standard InChI is InChI=1S/C30H24NO.C13H24O2.Ir/c1-18-13-14-25-23(15-18)29-27(22-11-7-8-12-26(22)32-29)28(31-25)20-16-19-9-5-6-10-21(19)24(17-20)30(2,3)4;1-5-10(6-2)12(14)9-13(15)11(7-3)8-4;/h5-15,17H,1-4H3;9-11,14H,5-8H2,1-4H3;/q-1;;/b;12-9-;. The molecule has 4 aromatic carbocycles. The van der Waals surface area contributed by atoms with Gasteiger partial charge in [0.05, 0.1) is 11.3 Å². The third kappa shape index (κ3) is 7.59. The summed E-state index contributed by atoms with van der Waals surface area (Å²) < 4.78 is 6.41. The van der Waals surface area contributed by atoms with Crippen molar-refractivity contribution in [2.75, 3.05) is 0 Å². The zero-order valence-corrected chi connectivity index (χ0v) is 31.9. The number of allylic oxidation sites excluding steroid dienone is 2. The number of fused-ring (bicyclic) bond motifs is 6. The first kappa shape index (κ1) is 37.0. The van der Waals surface area contributed by atoms with Crippen LogP contribution in [0.4, 0.5) is 0 Å². The van der Waals surface area contributed by atoms with E-state index in [4.69, 9.17) is 9.40 Å². The van der Waals surface area contributed by atoms with E-state index in [0.29, 0.717) is 0 Å². The summed E-state index contributed by atoms with van der Waals surface area (Å²) in [6.45, 7) is 17.0. The Morgan fingerprint density at radius 2 is 1.48 bits per heavy atom. The molecule has 6 aromatic rings. The molecule has 48 heavy (non-hydrogen) atoms. The number of carbonyl (C=O) groups is 1. The van der Waals surface area contributed by atoms with Crippen molar-refractivity contribution in [2.45, 2.75) is 86.5 Å². The van der Waals surface area contributed by atoms with E-state index in [1.165, 1.54) is 22.6 Å². The van der Waals surface area contributed by atoms with Crippen molar-refractivity contribution in [3.05, 3.63) is 102 Å². The number of pyridine rings is 1. The fourth-order valence-electron chi connectivity index (χ4n) is 6.53. The predicted octanol–water partition coefficient (Wildman–Crippen LogP) is 12.2. The number of aryl methyl sites for hydroxylation is 1. The van der Waals surface area contributed by atoms with Crippen LogP contribution in [0.5, 0.6) is 0 Å². The van der Waals surface area contributed by atoms with E-state index in [2.05, 4.69) is 94.4 Å². The number of hydrogen-bond acceptors (Lipinski definition) is 4. The van der Waals surface area contributed by atoms with Gasteiger partial charge in [0, 0.05) is 59.9 Å². The Kier molecular flexibility index (Phi) is 12.0. The Morgan fingerprint density at radius 3 is 2.12 bits per heavy atom.